The van der Waals surface area contributed by atoms with Gasteiger partial charge in [0.25, 0.3) is 0 Å². The van der Waals surface area contributed by atoms with E-state index >= 15 is 0 Å². The van der Waals surface area contributed by atoms with Gasteiger partial charge in [0.15, 0.2) is 0 Å². The van der Waals surface area contributed by atoms with Gasteiger partial charge in [0.2, 0.25) is 0 Å². The Morgan fingerprint density at radius 2 is 2.55 bits per heavy atom. The first kappa shape index (κ1) is 7.78. The summed E-state index contributed by atoms with van der Waals surface area (Å²) in [6, 6.07) is 0. The van der Waals surface area contributed by atoms with E-state index in [9.17, 15) is 9.59 Å². The van der Waals surface area contributed by atoms with E-state index in [0.717, 1.165) is 0 Å². The van der Waals surface area contributed by atoms with E-state index < -0.39 is 0 Å². The molecule has 11 heavy (non-hydrogen) atoms. The molecule has 4 nitrogen and oxygen atoms in total. The predicted octanol–water partition coefficient (Wildman–Crippen LogP) is 0.380. The number of carbonyl (C=O) groups is 2. The van der Waals surface area contributed by atoms with Crippen molar-refractivity contribution in [1.82, 2.24) is 0 Å². The molecule has 1 aliphatic heterocycles. The molecule has 0 bridgehead atoms. The smallest absolute Gasteiger partial charge is 0.314 e. The number of carbonyl (C=O) groups excluding carboxylic acids is 2. The first-order chi connectivity index (χ1) is 5.18. The number of ether oxygens (including phenoxy) is 2. The fourth-order valence-electron chi connectivity index (χ4n) is 0.697. The van der Waals surface area contributed by atoms with Crippen molar-refractivity contribution in [1.29, 1.82) is 0 Å². The van der Waals surface area contributed by atoms with E-state index in [4.69, 9.17) is 0 Å². The normalized spacial score (nSPS) is 15.7. The van der Waals surface area contributed by atoms with Crippen LogP contribution in [0.15, 0.2) is 11.8 Å². The minimum Gasteiger partial charge on any atom is -0.461 e. The topological polar surface area (TPSA) is 52.6 Å². The second kappa shape index (κ2) is 3.18. The van der Waals surface area contributed by atoms with Crippen molar-refractivity contribution < 1.29 is 19.1 Å². The third-order valence-electron chi connectivity index (χ3n) is 1.19. The third kappa shape index (κ3) is 2.41. The molecule has 0 amide bonds. The van der Waals surface area contributed by atoms with Crippen molar-refractivity contribution >= 4 is 11.9 Å². The van der Waals surface area contributed by atoms with Gasteiger partial charge >= 0.3 is 11.9 Å². The average molecular weight is 156 g/mol. The summed E-state index contributed by atoms with van der Waals surface area (Å²) in [5, 5.41) is 0. The van der Waals surface area contributed by atoms with Crippen LogP contribution < -0.4 is 0 Å². The molecule has 0 atom stereocenters. The molecule has 0 aromatic carbocycles. The Balaban J connectivity index is 2.28. The van der Waals surface area contributed by atoms with E-state index in [-0.39, 0.29) is 25.0 Å². The molecule has 0 fully saturated rings. The first-order valence-corrected chi connectivity index (χ1v) is 3.19. The van der Waals surface area contributed by atoms with Gasteiger partial charge in [-0.3, -0.25) is 9.59 Å². The molecule has 0 radical (unpaired) electrons. The largest absolute Gasteiger partial charge is 0.461 e. The van der Waals surface area contributed by atoms with Gasteiger partial charge in [0, 0.05) is 12.5 Å². The fourth-order valence-corrected chi connectivity index (χ4v) is 0.697. The standard InChI is InChI=1S/C7H8O4/c1-5(8)10-3-6-2-7(9)11-4-6/h4H,2-3H2,1H3. The Hall–Kier alpha value is -1.32. The highest BCUT2D eigenvalue weighted by Gasteiger charge is 2.14. The second-order valence-corrected chi connectivity index (χ2v) is 2.22. The molecule has 0 aromatic rings. The van der Waals surface area contributed by atoms with Gasteiger partial charge in [0.1, 0.15) is 6.61 Å². The van der Waals surface area contributed by atoms with Crippen molar-refractivity contribution in [2.75, 3.05) is 6.61 Å². The van der Waals surface area contributed by atoms with Gasteiger partial charge in [-0.1, -0.05) is 0 Å². The monoisotopic (exact) mass is 156 g/mol. The first-order valence-electron chi connectivity index (χ1n) is 3.19. The van der Waals surface area contributed by atoms with Crippen LogP contribution in [-0.4, -0.2) is 18.5 Å². The third-order valence-corrected chi connectivity index (χ3v) is 1.19. The highest BCUT2D eigenvalue weighted by Crippen LogP contribution is 2.11. The molecule has 1 rings (SSSR count). The fraction of sp³-hybridized carbons (Fsp3) is 0.429. The highest BCUT2D eigenvalue weighted by atomic mass is 16.5. The van der Waals surface area contributed by atoms with Crippen LogP contribution in [0.5, 0.6) is 0 Å². The van der Waals surface area contributed by atoms with Crippen molar-refractivity contribution in [2.24, 2.45) is 0 Å². The van der Waals surface area contributed by atoms with Crippen LogP contribution in [0.2, 0.25) is 0 Å². The second-order valence-electron chi connectivity index (χ2n) is 2.22. The van der Waals surface area contributed by atoms with Crippen LogP contribution in [0.3, 0.4) is 0 Å². The molecule has 60 valence electrons. The quantitative estimate of drug-likeness (QED) is 0.542. The van der Waals surface area contributed by atoms with Crippen molar-refractivity contribution in [3.8, 4) is 0 Å². The Kier molecular flexibility index (Phi) is 2.25. The zero-order valence-corrected chi connectivity index (χ0v) is 6.12. The van der Waals surface area contributed by atoms with Gasteiger partial charge in [0.05, 0.1) is 12.7 Å². The van der Waals surface area contributed by atoms with Crippen molar-refractivity contribution in [3.63, 3.8) is 0 Å². The summed E-state index contributed by atoms with van der Waals surface area (Å²) in [5.41, 5.74) is 0.699. The van der Waals surface area contributed by atoms with Crippen molar-refractivity contribution in [3.05, 3.63) is 11.8 Å². The molecular weight excluding hydrogens is 148 g/mol. The van der Waals surface area contributed by atoms with Gasteiger partial charge in [-0.15, -0.1) is 0 Å². The van der Waals surface area contributed by atoms with Gasteiger partial charge < -0.3 is 9.47 Å². The van der Waals surface area contributed by atoms with Gasteiger partial charge in [-0.05, 0) is 0 Å². The Labute approximate surface area is 63.8 Å². The summed E-state index contributed by atoms with van der Waals surface area (Å²) in [6.45, 7) is 1.47. The molecule has 1 aliphatic rings. The zero-order chi connectivity index (χ0) is 8.27. The number of rotatable bonds is 2. The van der Waals surface area contributed by atoms with Crippen LogP contribution in [0.4, 0.5) is 0 Å². The lowest BCUT2D eigenvalue weighted by Crippen LogP contribution is -2.02. The molecule has 0 aromatic heterocycles. The van der Waals surface area contributed by atoms with E-state index in [1.54, 1.807) is 0 Å². The maximum absolute atomic E-state index is 10.5. The Morgan fingerprint density at radius 1 is 1.82 bits per heavy atom. The lowest BCUT2D eigenvalue weighted by atomic mass is 10.2. The minimum absolute atomic E-state index is 0.154. The number of hydrogen-bond donors (Lipinski definition) is 0. The SMILES string of the molecule is CC(=O)OCC1=COC(=O)C1. The van der Waals surface area contributed by atoms with E-state index in [1.807, 2.05) is 0 Å². The molecule has 0 saturated carbocycles. The summed E-state index contributed by atoms with van der Waals surface area (Å²) in [6.07, 6.45) is 1.55. The average Bonchev–Trinajstić information content (AvgIpc) is 2.31. The Morgan fingerprint density at radius 3 is 3.00 bits per heavy atom. The lowest BCUT2D eigenvalue weighted by molar-refractivity contribution is -0.140. The lowest BCUT2D eigenvalue weighted by Gasteiger charge is -1.97. The maximum atomic E-state index is 10.5. The number of hydrogen-bond acceptors (Lipinski definition) is 4. The van der Waals surface area contributed by atoms with Crippen LogP contribution in [0, 0.1) is 0 Å². The summed E-state index contributed by atoms with van der Waals surface area (Å²) < 4.78 is 9.14. The maximum Gasteiger partial charge on any atom is 0.314 e. The van der Waals surface area contributed by atoms with Crippen LogP contribution >= 0.6 is 0 Å². The van der Waals surface area contributed by atoms with Gasteiger partial charge in [-0.25, -0.2) is 0 Å². The van der Waals surface area contributed by atoms with E-state index in [1.165, 1.54) is 13.2 Å². The summed E-state index contributed by atoms with van der Waals surface area (Å²) in [4.78, 5) is 20.8. The van der Waals surface area contributed by atoms with Crippen LogP contribution in [0.1, 0.15) is 13.3 Å². The summed E-state index contributed by atoms with van der Waals surface area (Å²) >= 11 is 0. The molecule has 0 N–H and O–H groups in total. The van der Waals surface area contributed by atoms with E-state index in [2.05, 4.69) is 9.47 Å². The van der Waals surface area contributed by atoms with Crippen LogP contribution in [-0.2, 0) is 19.1 Å². The Bertz CT molecular complexity index is 216. The number of cyclic esters (lactones) is 1. The molecule has 0 saturated heterocycles. The van der Waals surface area contributed by atoms with Crippen molar-refractivity contribution in [2.45, 2.75) is 13.3 Å². The van der Waals surface area contributed by atoms with Gasteiger partial charge in [-0.2, -0.15) is 0 Å². The highest BCUT2D eigenvalue weighted by molar-refractivity contribution is 5.76. The molecular formula is C7H8O4. The summed E-state index contributed by atoms with van der Waals surface area (Å²) in [7, 11) is 0. The van der Waals surface area contributed by atoms with E-state index in [0.29, 0.717) is 5.57 Å². The summed E-state index contributed by atoms with van der Waals surface area (Å²) in [5.74, 6) is -0.655. The van der Waals surface area contributed by atoms with Crippen LogP contribution in [0.25, 0.3) is 0 Å². The molecule has 0 aliphatic carbocycles. The minimum atomic E-state index is -0.356. The number of esters is 2. The molecule has 0 spiro atoms. The molecule has 0 unspecified atom stereocenters. The molecule has 1 heterocycles. The molecule has 4 heteroatoms. The predicted molar refractivity (Wildman–Crippen MR) is 35.4 cm³/mol. The zero-order valence-electron chi connectivity index (χ0n) is 6.12.